The monoisotopic (exact) mass is 377 g/mol. The molecule has 4 rings (SSSR count). The summed E-state index contributed by atoms with van der Waals surface area (Å²) in [6.07, 6.45) is 7.71. The van der Waals surface area contributed by atoms with Gasteiger partial charge in [-0.2, -0.15) is 0 Å². The quantitative estimate of drug-likeness (QED) is 0.784. The summed E-state index contributed by atoms with van der Waals surface area (Å²) >= 11 is 0. The Morgan fingerprint density at radius 3 is 1.67 bits per heavy atom. The average molecular weight is 378 g/mol. The van der Waals surface area contributed by atoms with Crippen LogP contribution in [0, 0.1) is 17.6 Å². The van der Waals surface area contributed by atoms with Gasteiger partial charge in [-0.3, -0.25) is 9.80 Å². The van der Waals surface area contributed by atoms with Crippen molar-refractivity contribution < 1.29 is 8.78 Å². The first-order chi connectivity index (χ1) is 13.1. The molecule has 1 aliphatic carbocycles. The summed E-state index contributed by atoms with van der Waals surface area (Å²) in [5.74, 6) is -0.0556. The lowest BCUT2D eigenvalue weighted by atomic mass is 9.86. The van der Waals surface area contributed by atoms with E-state index in [1.807, 2.05) is 0 Å². The minimum atomic E-state index is -0.486. The number of rotatable bonds is 3. The van der Waals surface area contributed by atoms with E-state index in [1.54, 1.807) is 0 Å². The predicted octanol–water partition coefficient (Wildman–Crippen LogP) is 4.13. The Morgan fingerprint density at radius 2 is 1.15 bits per heavy atom. The number of anilines is 1. The highest BCUT2D eigenvalue weighted by Crippen LogP contribution is 2.29. The Kier molecular flexibility index (Phi) is 5.98. The number of nitrogens with zero attached hydrogens (tertiary/aromatic N) is 3. The maximum Gasteiger partial charge on any atom is 0.128 e. The molecular formula is C22H33F2N3. The Bertz CT molecular complexity index is 594. The van der Waals surface area contributed by atoms with E-state index < -0.39 is 11.6 Å². The fourth-order valence-corrected chi connectivity index (χ4v) is 5.29. The van der Waals surface area contributed by atoms with Crippen molar-refractivity contribution in [2.45, 2.75) is 57.5 Å². The molecule has 2 saturated heterocycles. The molecule has 2 heterocycles. The summed E-state index contributed by atoms with van der Waals surface area (Å²) in [6, 6.07) is 5.28. The fraction of sp³-hybridized carbons (Fsp3) is 0.727. The van der Waals surface area contributed by atoms with Crippen LogP contribution in [0.15, 0.2) is 18.2 Å². The van der Waals surface area contributed by atoms with Crippen LogP contribution in [0.5, 0.6) is 0 Å². The van der Waals surface area contributed by atoms with Crippen molar-refractivity contribution in [3.8, 4) is 0 Å². The van der Waals surface area contributed by atoms with E-state index in [2.05, 4.69) is 21.6 Å². The Balaban J connectivity index is 1.25. The Hall–Kier alpha value is -1.20. The zero-order valence-electron chi connectivity index (χ0n) is 16.5. The Morgan fingerprint density at radius 1 is 0.667 bits per heavy atom. The van der Waals surface area contributed by atoms with Gasteiger partial charge in [0.2, 0.25) is 0 Å². The summed E-state index contributed by atoms with van der Waals surface area (Å²) in [4.78, 5) is 7.51. The molecule has 3 aliphatic rings. The number of hydrogen-bond acceptors (Lipinski definition) is 3. The van der Waals surface area contributed by atoms with Gasteiger partial charge in [0.05, 0.1) is 0 Å². The van der Waals surface area contributed by atoms with Crippen molar-refractivity contribution in [2.75, 3.05) is 44.2 Å². The van der Waals surface area contributed by atoms with Gasteiger partial charge in [0.1, 0.15) is 11.6 Å². The summed E-state index contributed by atoms with van der Waals surface area (Å²) in [6.45, 7) is 8.90. The van der Waals surface area contributed by atoms with E-state index in [0.717, 1.165) is 44.0 Å². The van der Waals surface area contributed by atoms with E-state index in [1.165, 1.54) is 64.0 Å². The highest BCUT2D eigenvalue weighted by Gasteiger charge is 2.31. The van der Waals surface area contributed by atoms with E-state index in [-0.39, 0.29) is 0 Å². The van der Waals surface area contributed by atoms with Crippen LogP contribution in [0.3, 0.4) is 0 Å². The molecule has 2 aliphatic heterocycles. The lowest BCUT2D eigenvalue weighted by molar-refractivity contribution is 0.0455. The topological polar surface area (TPSA) is 9.72 Å². The van der Waals surface area contributed by atoms with Crippen LogP contribution < -0.4 is 4.90 Å². The van der Waals surface area contributed by atoms with Gasteiger partial charge in [-0.25, -0.2) is 8.78 Å². The van der Waals surface area contributed by atoms with Crippen LogP contribution in [0.2, 0.25) is 0 Å². The molecule has 3 nitrogen and oxygen atoms in total. The second-order valence-electron chi connectivity index (χ2n) is 8.83. The van der Waals surface area contributed by atoms with Crippen LogP contribution in [0.4, 0.5) is 14.5 Å². The molecule has 150 valence electrons. The first kappa shape index (κ1) is 19.1. The van der Waals surface area contributed by atoms with Crippen molar-refractivity contribution in [3.05, 3.63) is 29.8 Å². The zero-order valence-corrected chi connectivity index (χ0v) is 16.5. The van der Waals surface area contributed by atoms with Gasteiger partial charge in [-0.15, -0.1) is 0 Å². The number of halogens is 2. The van der Waals surface area contributed by atoms with Crippen molar-refractivity contribution in [2.24, 2.45) is 5.92 Å². The van der Waals surface area contributed by atoms with Gasteiger partial charge in [0.15, 0.2) is 0 Å². The second-order valence-corrected chi connectivity index (χ2v) is 8.83. The first-order valence-electron chi connectivity index (χ1n) is 10.8. The summed E-state index contributed by atoms with van der Waals surface area (Å²) < 4.78 is 27.0. The number of piperazine rings is 1. The molecule has 27 heavy (non-hydrogen) atoms. The highest BCUT2D eigenvalue weighted by atomic mass is 19.1. The molecule has 0 radical (unpaired) electrons. The van der Waals surface area contributed by atoms with E-state index in [0.29, 0.717) is 11.7 Å². The van der Waals surface area contributed by atoms with Gasteiger partial charge in [0, 0.05) is 63.1 Å². The molecule has 0 amide bonds. The first-order valence-corrected chi connectivity index (χ1v) is 10.8. The maximum atomic E-state index is 13.5. The van der Waals surface area contributed by atoms with Crippen LogP contribution >= 0.6 is 0 Å². The number of piperidine rings is 1. The smallest absolute Gasteiger partial charge is 0.128 e. The van der Waals surface area contributed by atoms with Crippen molar-refractivity contribution >= 4 is 5.69 Å². The number of hydrogen-bond donors (Lipinski definition) is 0. The molecule has 1 aromatic carbocycles. The molecule has 0 aromatic heterocycles. The normalized spacial score (nSPS) is 29.2. The predicted molar refractivity (Wildman–Crippen MR) is 106 cm³/mol. The van der Waals surface area contributed by atoms with Gasteiger partial charge >= 0.3 is 0 Å². The standard InChI is InChI=1S/C22H33F2N3/c1-17-2-4-20(5-3-17)26-10-12-27(13-11-26)21-6-8-25(9-7-21)22-15-18(23)14-19(24)16-22/h14-17,20-21H,2-13H2,1H3. The van der Waals surface area contributed by atoms with Crippen LogP contribution in [-0.2, 0) is 0 Å². The van der Waals surface area contributed by atoms with Gasteiger partial charge in [0.25, 0.3) is 0 Å². The van der Waals surface area contributed by atoms with Crippen LogP contribution in [-0.4, -0.2) is 61.2 Å². The molecule has 0 spiro atoms. The lowest BCUT2D eigenvalue weighted by Gasteiger charge is -2.46. The zero-order chi connectivity index (χ0) is 18.8. The molecule has 5 heteroatoms. The third-order valence-corrected chi connectivity index (χ3v) is 7.04. The molecule has 1 saturated carbocycles. The van der Waals surface area contributed by atoms with E-state index >= 15 is 0 Å². The summed E-state index contributed by atoms with van der Waals surface area (Å²) in [5.41, 5.74) is 0.683. The average Bonchev–Trinajstić information content (AvgIpc) is 2.68. The molecule has 0 atom stereocenters. The largest absolute Gasteiger partial charge is 0.371 e. The van der Waals surface area contributed by atoms with Crippen molar-refractivity contribution in [1.82, 2.24) is 9.80 Å². The van der Waals surface area contributed by atoms with E-state index in [4.69, 9.17) is 0 Å². The SMILES string of the molecule is CC1CCC(N2CCN(C3CCN(c4cc(F)cc(F)c4)CC3)CC2)CC1. The van der Waals surface area contributed by atoms with Gasteiger partial charge in [-0.05, 0) is 56.6 Å². The van der Waals surface area contributed by atoms with Crippen molar-refractivity contribution in [3.63, 3.8) is 0 Å². The minimum absolute atomic E-state index is 0.486. The third-order valence-electron chi connectivity index (χ3n) is 7.04. The molecule has 3 fully saturated rings. The highest BCUT2D eigenvalue weighted by molar-refractivity contribution is 5.47. The Labute approximate surface area is 162 Å². The van der Waals surface area contributed by atoms with Crippen LogP contribution in [0.1, 0.15) is 45.4 Å². The second kappa shape index (κ2) is 8.44. The summed E-state index contributed by atoms with van der Waals surface area (Å²) in [7, 11) is 0. The molecular weight excluding hydrogens is 344 g/mol. The maximum absolute atomic E-state index is 13.5. The minimum Gasteiger partial charge on any atom is -0.371 e. The summed E-state index contributed by atoms with van der Waals surface area (Å²) in [5, 5.41) is 0. The molecule has 0 N–H and O–H groups in total. The molecule has 0 unspecified atom stereocenters. The van der Waals surface area contributed by atoms with E-state index in [9.17, 15) is 8.78 Å². The van der Waals surface area contributed by atoms with Crippen LogP contribution in [0.25, 0.3) is 0 Å². The third kappa shape index (κ3) is 4.62. The number of benzene rings is 1. The van der Waals surface area contributed by atoms with Crippen molar-refractivity contribution in [1.29, 1.82) is 0 Å². The fourth-order valence-electron chi connectivity index (χ4n) is 5.29. The lowest BCUT2D eigenvalue weighted by Crippen LogP contribution is -2.55. The van der Waals surface area contributed by atoms with Gasteiger partial charge < -0.3 is 4.90 Å². The molecule has 0 bridgehead atoms. The molecule has 1 aromatic rings. The van der Waals surface area contributed by atoms with Gasteiger partial charge in [-0.1, -0.05) is 6.92 Å².